The molecule has 1 aromatic carbocycles. The summed E-state index contributed by atoms with van der Waals surface area (Å²) in [5.41, 5.74) is 7.31. The third-order valence-electron chi connectivity index (χ3n) is 3.05. The van der Waals surface area contributed by atoms with Gasteiger partial charge in [0.25, 0.3) is 0 Å². The fourth-order valence-electron chi connectivity index (χ4n) is 2.05. The van der Waals surface area contributed by atoms with Crippen LogP contribution >= 0.6 is 12.4 Å². The average molecular weight is 255 g/mol. The van der Waals surface area contributed by atoms with Crippen LogP contribution in [0.4, 0.5) is 0 Å². The van der Waals surface area contributed by atoms with Crippen molar-refractivity contribution in [2.24, 2.45) is 5.73 Å². The van der Waals surface area contributed by atoms with Crippen molar-refractivity contribution < 1.29 is 4.74 Å². The van der Waals surface area contributed by atoms with Gasteiger partial charge in [-0.25, -0.2) is 0 Å². The summed E-state index contributed by atoms with van der Waals surface area (Å²) in [7, 11) is 0. The lowest BCUT2D eigenvalue weighted by Crippen LogP contribution is -2.11. The second kappa shape index (κ2) is 6.62. The van der Waals surface area contributed by atoms with Crippen LogP contribution in [0.1, 0.15) is 36.8 Å². The highest BCUT2D eigenvalue weighted by Crippen LogP contribution is 2.22. The molecule has 0 unspecified atom stereocenters. The smallest absolute Gasteiger partial charge is 0.122 e. The Labute approximate surface area is 108 Å². The molecule has 1 fully saturated rings. The van der Waals surface area contributed by atoms with Crippen molar-refractivity contribution in [3.8, 4) is 0 Å². The van der Waals surface area contributed by atoms with Crippen molar-refractivity contribution in [2.75, 3.05) is 0 Å². The molecule has 1 aliphatic rings. The van der Waals surface area contributed by atoms with Crippen LogP contribution in [0.5, 0.6) is 0 Å². The fraction of sp³-hybridized carbons (Fsp3) is 0.462. The van der Waals surface area contributed by atoms with Crippen LogP contribution in [0.2, 0.25) is 0 Å². The summed E-state index contributed by atoms with van der Waals surface area (Å²) in [6, 6.07) is 7.70. The van der Waals surface area contributed by atoms with Crippen LogP contribution in [-0.2, 0) is 11.3 Å². The highest BCUT2D eigenvalue weighted by atomic mass is 35.5. The lowest BCUT2D eigenvalue weighted by molar-refractivity contribution is 0.0457. The van der Waals surface area contributed by atoms with Crippen LogP contribution in [0, 0.1) is 5.41 Å². The van der Waals surface area contributed by atoms with E-state index in [0.29, 0.717) is 12.7 Å². The monoisotopic (exact) mass is 254 g/mol. The summed E-state index contributed by atoms with van der Waals surface area (Å²) >= 11 is 0. The number of amidine groups is 1. The van der Waals surface area contributed by atoms with Gasteiger partial charge in [-0.1, -0.05) is 37.1 Å². The normalized spacial score (nSPS) is 15.5. The molecule has 0 aromatic heterocycles. The van der Waals surface area contributed by atoms with E-state index in [2.05, 4.69) is 0 Å². The van der Waals surface area contributed by atoms with Gasteiger partial charge in [-0.15, -0.1) is 12.4 Å². The molecule has 1 aromatic rings. The second-order valence-electron chi connectivity index (χ2n) is 4.33. The first kappa shape index (κ1) is 14.0. The maximum atomic E-state index is 7.29. The van der Waals surface area contributed by atoms with Crippen LogP contribution in [0.25, 0.3) is 0 Å². The van der Waals surface area contributed by atoms with Gasteiger partial charge in [-0.05, 0) is 18.4 Å². The molecular formula is C13H19ClN2O. The van der Waals surface area contributed by atoms with Crippen LogP contribution in [0.15, 0.2) is 24.3 Å². The molecule has 1 saturated carbocycles. The number of hydrogen-bond donors (Lipinski definition) is 2. The molecular weight excluding hydrogens is 236 g/mol. The summed E-state index contributed by atoms with van der Waals surface area (Å²) in [4.78, 5) is 0. The molecule has 0 atom stereocenters. The molecule has 0 aliphatic heterocycles. The molecule has 0 amide bonds. The van der Waals surface area contributed by atoms with E-state index in [-0.39, 0.29) is 18.2 Å². The van der Waals surface area contributed by atoms with E-state index in [4.69, 9.17) is 15.9 Å². The van der Waals surface area contributed by atoms with Gasteiger partial charge in [-0.2, -0.15) is 0 Å². The Morgan fingerprint density at radius 3 is 2.35 bits per heavy atom. The Morgan fingerprint density at radius 2 is 1.82 bits per heavy atom. The van der Waals surface area contributed by atoms with Gasteiger partial charge < -0.3 is 10.5 Å². The largest absolute Gasteiger partial charge is 0.384 e. The van der Waals surface area contributed by atoms with E-state index in [1.165, 1.54) is 25.7 Å². The summed E-state index contributed by atoms with van der Waals surface area (Å²) < 4.78 is 5.80. The van der Waals surface area contributed by atoms with Crippen LogP contribution in [-0.4, -0.2) is 11.9 Å². The first-order chi connectivity index (χ1) is 7.75. The SMILES string of the molecule is Cl.N=C(N)c1ccc(COC2CCCC2)cc1. The average Bonchev–Trinajstić information content (AvgIpc) is 2.80. The minimum Gasteiger partial charge on any atom is -0.384 e. The predicted molar refractivity (Wildman–Crippen MR) is 71.8 cm³/mol. The number of halogens is 1. The van der Waals surface area contributed by atoms with Gasteiger partial charge in [0.15, 0.2) is 0 Å². The van der Waals surface area contributed by atoms with Crippen molar-refractivity contribution in [3.05, 3.63) is 35.4 Å². The second-order valence-corrected chi connectivity index (χ2v) is 4.33. The molecule has 0 saturated heterocycles. The number of benzene rings is 1. The molecule has 94 valence electrons. The zero-order valence-electron chi connectivity index (χ0n) is 9.82. The van der Waals surface area contributed by atoms with Crippen molar-refractivity contribution in [2.45, 2.75) is 38.4 Å². The number of hydrogen-bond acceptors (Lipinski definition) is 2. The summed E-state index contributed by atoms with van der Waals surface area (Å²) in [6.45, 7) is 0.669. The van der Waals surface area contributed by atoms with Gasteiger partial charge in [0.05, 0.1) is 12.7 Å². The highest BCUT2D eigenvalue weighted by molar-refractivity contribution is 5.94. The quantitative estimate of drug-likeness (QED) is 0.641. The van der Waals surface area contributed by atoms with Crippen LogP contribution in [0.3, 0.4) is 0 Å². The standard InChI is InChI=1S/C13H18N2O.ClH/c14-13(15)11-7-5-10(6-8-11)9-16-12-3-1-2-4-12;/h5-8,12H,1-4,9H2,(H3,14,15);1H. The molecule has 3 nitrogen and oxygen atoms in total. The molecule has 1 aliphatic carbocycles. The summed E-state index contributed by atoms with van der Waals surface area (Å²) in [5.74, 6) is 0.114. The van der Waals surface area contributed by atoms with Gasteiger partial charge in [0.1, 0.15) is 5.84 Å². The van der Waals surface area contributed by atoms with E-state index in [1.807, 2.05) is 24.3 Å². The third-order valence-corrected chi connectivity index (χ3v) is 3.05. The Kier molecular flexibility index (Phi) is 5.45. The highest BCUT2D eigenvalue weighted by Gasteiger charge is 2.14. The topological polar surface area (TPSA) is 59.1 Å². The molecule has 4 heteroatoms. The van der Waals surface area contributed by atoms with Crippen molar-refractivity contribution >= 4 is 18.2 Å². The van der Waals surface area contributed by atoms with E-state index >= 15 is 0 Å². The Morgan fingerprint density at radius 1 is 1.24 bits per heavy atom. The Hall–Kier alpha value is -1.06. The van der Waals surface area contributed by atoms with Gasteiger partial charge in [0.2, 0.25) is 0 Å². The minimum atomic E-state index is 0. The van der Waals surface area contributed by atoms with Crippen molar-refractivity contribution in [1.29, 1.82) is 5.41 Å². The maximum Gasteiger partial charge on any atom is 0.122 e. The molecule has 0 heterocycles. The number of ether oxygens (including phenoxy) is 1. The lowest BCUT2D eigenvalue weighted by atomic mass is 10.1. The zero-order chi connectivity index (χ0) is 11.4. The van der Waals surface area contributed by atoms with Gasteiger partial charge >= 0.3 is 0 Å². The van der Waals surface area contributed by atoms with E-state index in [9.17, 15) is 0 Å². The minimum absolute atomic E-state index is 0. The Bertz CT molecular complexity index is 358. The van der Waals surface area contributed by atoms with Crippen molar-refractivity contribution in [3.63, 3.8) is 0 Å². The van der Waals surface area contributed by atoms with Gasteiger partial charge in [-0.3, -0.25) is 5.41 Å². The van der Waals surface area contributed by atoms with E-state index < -0.39 is 0 Å². The first-order valence-corrected chi connectivity index (χ1v) is 5.80. The van der Waals surface area contributed by atoms with Crippen molar-refractivity contribution in [1.82, 2.24) is 0 Å². The molecule has 2 rings (SSSR count). The molecule has 3 N–H and O–H groups in total. The summed E-state index contributed by atoms with van der Waals surface area (Å²) in [6.07, 6.45) is 5.45. The molecule has 0 bridgehead atoms. The third kappa shape index (κ3) is 4.02. The zero-order valence-corrected chi connectivity index (χ0v) is 10.6. The van der Waals surface area contributed by atoms with E-state index in [0.717, 1.165) is 11.1 Å². The maximum absolute atomic E-state index is 7.29. The number of nitrogens with two attached hydrogens (primary N) is 1. The number of nitrogen functional groups attached to an aromatic ring is 1. The van der Waals surface area contributed by atoms with Gasteiger partial charge in [0, 0.05) is 5.56 Å². The molecule has 17 heavy (non-hydrogen) atoms. The first-order valence-electron chi connectivity index (χ1n) is 5.80. The fourth-order valence-corrected chi connectivity index (χ4v) is 2.05. The number of nitrogens with one attached hydrogen (secondary N) is 1. The Balaban J connectivity index is 0.00000144. The van der Waals surface area contributed by atoms with E-state index in [1.54, 1.807) is 0 Å². The van der Waals surface area contributed by atoms with Crippen LogP contribution < -0.4 is 5.73 Å². The number of rotatable bonds is 4. The lowest BCUT2D eigenvalue weighted by Gasteiger charge is -2.11. The summed E-state index contributed by atoms with van der Waals surface area (Å²) in [5, 5.41) is 7.29. The molecule has 0 radical (unpaired) electrons. The molecule has 0 spiro atoms. The predicted octanol–water partition coefficient (Wildman–Crippen LogP) is 2.85.